The second kappa shape index (κ2) is 2.86. The van der Waals surface area contributed by atoms with Gasteiger partial charge in [-0.2, -0.15) is 5.10 Å². The summed E-state index contributed by atoms with van der Waals surface area (Å²) in [5.74, 6) is 1.56. The van der Waals surface area contributed by atoms with Crippen LogP contribution in [-0.4, -0.2) is 15.2 Å². The van der Waals surface area contributed by atoms with Crippen LogP contribution < -0.4 is 5.73 Å². The van der Waals surface area contributed by atoms with E-state index >= 15 is 0 Å². The van der Waals surface area contributed by atoms with Gasteiger partial charge in [0.05, 0.1) is 6.04 Å². The third kappa shape index (κ3) is 1.82. The lowest BCUT2D eigenvalue weighted by Gasteiger charge is -2.12. The number of rotatable bonds is 1. The molecule has 0 bridgehead atoms. The Kier molecular flexibility index (Phi) is 2.19. The summed E-state index contributed by atoms with van der Waals surface area (Å²) in [6.45, 7) is 8.09. The summed E-state index contributed by atoms with van der Waals surface area (Å²) in [6.07, 6.45) is 0. The number of aromatic amines is 1. The number of hydrogen-bond donors (Lipinski definition) is 2. The predicted octanol–water partition coefficient (Wildman–Crippen LogP) is 1.12. The first-order chi connectivity index (χ1) is 5.41. The zero-order valence-corrected chi connectivity index (χ0v) is 8.05. The minimum absolute atomic E-state index is 0.0103. The number of nitrogens with one attached hydrogen (secondary N) is 1. The quantitative estimate of drug-likeness (QED) is 0.660. The van der Waals surface area contributed by atoms with Crippen molar-refractivity contribution in [2.24, 2.45) is 5.73 Å². The Labute approximate surface area is 72.6 Å². The van der Waals surface area contributed by atoms with Crippen molar-refractivity contribution in [3.63, 3.8) is 0 Å². The monoisotopic (exact) mass is 168 g/mol. The zero-order chi connectivity index (χ0) is 9.35. The van der Waals surface area contributed by atoms with Crippen LogP contribution in [0.5, 0.6) is 0 Å². The summed E-state index contributed by atoms with van der Waals surface area (Å²) in [6, 6.07) is -0.0754. The number of hydrogen-bond acceptors (Lipinski definition) is 3. The van der Waals surface area contributed by atoms with Gasteiger partial charge < -0.3 is 5.73 Å². The molecular formula is C8H16N4. The lowest BCUT2D eigenvalue weighted by Crippen LogP contribution is -2.14. The zero-order valence-electron chi connectivity index (χ0n) is 8.05. The van der Waals surface area contributed by atoms with Crippen molar-refractivity contribution in [3.8, 4) is 0 Å². The topological polar surface area (TPSA) is 67.6 Å². The maximum atomic E-state index is 5.64. The van der Waals surface area contributed by atoms with E-state index in [1.807, 2.05) is 6.92 Å². The van der Waals surface area contributed by atoms with Gasteiger partial charge in [0.15, 0.2) is 5.82 Å². The van der Waals surface area contributed by atoms with E-state index < -0.39 is 0 Å². The van der Waals surface area contributed by atoms with Gasteiger partial charge in [0.1, 0.15) is 5.82 Å². The average molecular weight is 168 g/mol. The summed E-state index contributed by atoms with van der Waals surface area (Å²) in [5.41, 5.74) is 5.63. The standard InChI is InChI=1S/C8H16N4/c1-5(9)6-10-7(12-11-6)8(2,3)4/h5H,9H2,1-4H3,(H,10,11,12)/t5-/m0/s1. The van der Waals surface area contributed by atoms with Gasteiger partial charge >= 0.3 is 0 Å². The van der Waals surface area contributed by atoms with Crippen molar-refractivity contribution in [2.75, 3.05) is 0 Å². The van der Waals surface area contributed by atoms with Gasteiger partial charge in [-0.3, -0.25) is 5.10 Å². The normalized spacial score (nSPS) is 14.8. The van der Waals surface area contributed by atoms with Gasteiger partial charge in [-0.25, -0.2) is 4.98 Å². The molecule has 68 valence electrons. The fourth-order valence-corrected chi connectivity index (χ4v) is 0.813. The highest BCUT2D eigenvalue weighted by molar-refractivity contribution is 5.03. The molecule has 0 aliphatic rings. The van der Waals surface area contributed by atoms with E-state index in [1.165, 1.54) is 0 Å². The molecule has 0 aromatic carbocycles. The van der Waals surface area contributed by atoms with Gasteiger partial charge in [-0.1, -0.05) is 20.8 Å². The van der Waals surface area contributed by atoms with Crippen LogP contribution in [0.4, 0.5) is 0 Å². The fraction of sp³-hybridized carbons (Fsp3) is 0.750. The lowest BCUT2D eigenvalue weighted by atomic mass is 9.96. The Morgan fingerprint density at radius 2 is 2.00 bits per heavy atom. The van der Waals surface area contributed by atoms with Crippen LogP contribution >= 0.6 is 0 Å². The summed E-state index contributed by atoms with van der Waals surface area (Å²) in [5, 5.41) is 6.92. The Morgan fingerprint density at radius 3 is 2.25 bits per heavy atom. The molecular weight excluding hydrogens is 152 g/mol. The molecule has 1 rings (SSSR count). The van der Waals surface area contributed by atoms with Gasteiger partial charge in [0.25, 0.3) is 0 Å². The third-order valence-corrected chi connectivity index (χ3v) is 1.60. The summed E-state index contributed by atoms with van der Waals surface area (Å²) >= 11 is 0. The molecule has 0 amide bonds. The van der Waals surface area contributed by atoms with E-state index in [-0.39, 0.29) is 11.5 Å². The van der Waals surface area contributed by atoms with Crippen molar-refractivity contribution in [1.82, 2.24) is 15.2 Å². The minimum atomic E-state index is -0.0754. The Bertz CT molecular complexity index is 256. The van der Waals surface area contributed by atoms with Gasteiger partial charge in [-0.05, 0) is 6.92 Å². The SMILES string of the molecule is C[C@H](N)c1nc(C(C)(C)C)n[nH]1. The largest absolute Gasteiger partial charge is 0.322 e. The van der Waals surface area contributed by atoms with E-state index in [4.69, 9.17) is 5.73 Å². The first kappa shape index (κ1) is 9.19. The van der Waals surface area contributed by atoms with Crippen LogP contribution in [0.2, 0.25) is 0 Å². The maximum absolute atomic E-state index is 5.64. The van der Waals surface area contributed by atoms with Crippen molar-refractivity contribution >= 4 is 0 Å². The molecule has 1 aromatic rings. The van der Waals surface area contributed by atoms with Gasteiger partial charge in [0, 0.05) is 5.41 Å². The highest BCUT2D eigenvalue weighted by Gasteiger charge is 2.19. The summed E-state index contributed by atoms with van der Waals surface area (Å²) < 4.78 is 0. The molecule has 12 heavy (non-hydrogen) atoms. The molecule has 0 saturated carbocycles. The van der Waals surface area contributed by atoms with Crippen LogP contribution in [0, 0.1) is 0 Å². The summed E-state index contributed by atoms with van der Waals surface area (Å²) in [7, 11) is 0. The molecule has 1 aromatic heterocycles. The van der Waals surface area contributed by atoms with Crippen LogP contribution in [-0.2, 0) is 5.41 Å². The molecule has 0 unspecified atom stereocenters. The van der Waals surface area contributed by atoms with Gasteiger partial charge in [0.2, 0.25) is 0 Å². The highest BCUT2D eigenvalue weighted by atomic mass is 15.2. The average Bonchev–Trinajstić information content (AvgIpc) is 2.30. The second-order valence-corrected chi connectivity index (χ2v) is 4.08. The minimum Gasteiger partial charge on any atom is -0.322 e. The molecule has 0 aliphatic heterocycles. The van der Waals surface area contributed by atoms with E-state index in [9.17, 15) is 0 Å². The molecule has 4 nitrogen and oxygen atoms in total. The highest BCUT2D eigenvalue weighted by Crippen LogP contribution is 2.18. The molecule has 0 radical (unpaired) electrons. The Balaban J connectivity index is 2.92. The molecule has 0 fully saturated rings. The molecule has 0 spiro atoms. The van der Waals surface area contributed by atoms with Gasteiger partial charge in [-0.15, -0.1) is 0 Å². The van der Waals surface area contributed by atoms with Crippen molar-refractivity contribution in [3.05, 3.63) is 11.6 Å². The lowest BCUT2D eigenvalue weighted by molar-refractivity contribution is 0.547. The second-order valence-electron chi connectivity index (χ2n) is 4.08. The first-order valence-electron chi connectivity index (χ1n) is 4.09. The van der Waals surface area contributed by atoms with Crippen LogP contribution in [0.1, 0.15) is 45.4 Å². The number of aromatic nitrogens is 3. The molecule has 1 heterocycles. The summed E-state index contributed by atoms with van der Waals surface area (Å²) in [4.78, 5) is 4.29. The number of nitrogens with zero attached hydrogens (tertiary/aromatic N) is 2. The predicted molar refractivity (Wildman–Crippen MR) is 47.7 cm³/mol. The fourth-order valence-electron chi connectivity index (χ4n) is 0.813. The number of H-pyrrole nitrogens is 1. The molecule has 0 aliphatic carbocycles. The van der Waals surface area contributed by atoms with Crippen molar-refractivity contribution in [2.45, 2.75) is 39.2 Å². The Hall–Kier alpha value is -0.900. The van der Waals surface area contributed by atoms with E-state index in [1.54, 1.807) is 0 Å². The molecule has 4 heteroatoms. The van der Waals surface area contributed by atoms with Crippen molar-refractivity contribution in [1.29, 1.82) is 0 Å². The van der Waals surface area contributed by atoms with E-state index in [0.717, 1.165) is 11.6 Å². The van der Waals surface area contributed by atoms with Crippen molar-refractivity contribution < 1.29 is 0 Å². The first-order valence-corrected chi connectivity index (χ1v) is 4.09. The van der Waals surface area contributed by atoms with E-state index in [0.29, 0.717) is 0 Å². The third-order valence-electron chi connectivity index (χ3n) is 1.60. The van der Waals surface area contributed by atoms with E-state index in [2.05, 4.69) is 36.0 Å². The maximum Gasteiger partial charge on any atom is 0.156 e. The molecule has 1 atom stereocenters. The van der Waals surface area contributed by atoms with Crippen LogP contribution in [0.25, 0.3) is 0 Å². The molecule has 3 N–H and O–H groups in total. The molecule has 0 saturated heterocycles. The smallest absolute Gasteiger partial charge is 0.156 e. The van der Waals surface area contributed by atoms with Crippen LogP contribution in [0.15, 0.2) is 0 Å². The van der Waals surface area contributed by atoms with Crippen LogP contribution in [0.3, 0.4) is 0 Å². The number of nitrogens with two attached hydrogens (primary N) is 1. The Morgan fingerprint density at radius 1 is 1.42 bits per heavy atom.